The number of ether oxygens (including phenoxy) is 1. The number of carbonyl (C=O) groups is 1. The number of carbonyl (C=O) groups excluding carboxylic acids is 1. The second kappa shape index (κ2) is 6.63. The first-order valence-electron chi connectivity index (χ1n) is 8.58. The van der Waals surface area contributed by atoms with Crippen molar-refractivity contribution >= 4 is 16.7 Å². The molecule has 4 rings (SSSR count). The fourth-order valence-corrected chi connectivity index (χ4v) is 3.34. The maximum Gasteiger partial charge on any atom is 0.275 e. The van der Waals surface area contributed by atoms with Crippen LogP contribution in [0.4, 0.5) is 0 Å². The smallest absolute Gasteiger partial charge is 0.275 e. The topological polar surface area (TPSA) is 73.2 Å². The molecule has 1 atom stereocenters. The molecule has 6 nitrogen and oxygen atoms in total. The highest BCUT2D eigenvalue weighted by Gasteiger charge is 2.21. The third-order valence-corrected chi connectivity index (χ3v) is 4.59. The molecule has 26 heavy (non-hydrogen) atoms. The minimum absolute atomic E-state index is 0.108. The van der Waals surface area contributed by atoms with Gasteiger partial charge in [-0.2, -0.15) is 5.10 Å². The third kappa shape index (κ3) is 3.06. The standard InChI is InChI=1S/C20H19N3O3/c1-13-16-7-3-4-8-17(16)20(25)23(22-13)11-19(24)21-15-10-14-6-2-5-9-18(14)26-12-15/h2-9,15H,10-12H2,1H3,(H,21,24). The van der Waals surface area contributed by atoms with Gasteiger partial charge in [0.1, 0.15) is 18.9 Å². The molecule has 0 saturated carbocycles. The summed E-state index contributed by atoms with van der Waals surface area (Å²) in [4.78, 5) is 25.0. The minimum Gasteiger partial charge on any atom is -0.491 e. The van der Waals surface area contributed by atoms with Crippen molar-refractivity contribution in [3.05, 3.63) is 70.1 Å². The van der Waals surface area contributed by atoms with Gasteiger partial charge in [-0.3, -0.25) is 9.59 Å². The number of aromatic nitrogens is 2. The molecule has 6 heteroatoms. The van der Waals surface area contributed by atoms with E-state index in [0.717, 1.165) is 22.4 Å². The Bertz CT molecular complexity index is 1040. The first-order valence-corrected chi connectivity index (χ1v) is 8.58. The lowest BCUT2D eigenvalue weighted by atomic mass is 10.0. The van der Waals surface area contributed by atoms with Crippen molar-refractivity contribution in [3.8, 4) is 5.75 Å². The van der Waals surface area contributed by atoms with Gasteiger partial charge in [0.25, 0.3) is 5.56 Å². The van der Waals surface area contributed by atoms with Crippen molar-refractivity contribution in [2.24, 2.45) is 0 Å². The van der Waals surface area contributed by atoms with Crippen LogP contribution in [0, 0.1) is 6.92 Å². The maximum absolute atomic E-state index is 12.6. The highest BCUT2D eigenvalue weighted by Crippen LogP contribution is 2.23. The molecule has 0 spiro atoms. The average Bonchev–Trinajstić information content (AvgIpc) is 2.66. The summed E-state index contributed by atoms with van der Waals surface area (Å²) in [7, 11) is 0. The number of para-hydroxylation sites is 1. The van der Waals surface area contributed by atoms with Crippen LogP contribution in [0.2, 0.25) is 0 Å². The summed E-state index contributed by atoms with van der Waals surface area (Å²) < 4.78 is 6.92. The number of nitrogens with one attached hydrogen (secondary N) is 1. The lowest BCUT2D eigenvalue weighted by Crippen LogP contribution is -2.45. The summed E-state index contributed by atoms with van der Waals surface area (Å²) in [6, 6.07) is 15.0. The molecule has 1 aliphatic rings. The predicted molar refractivity (Wildman–Crippen MR) is 98.3 cm³/mol. The fraction of sp³-hybridized carbons (Fsp3) is 0.250. The molecule has 1 aromatic heterocycles. The van der Waals surface area contributed by atoms with Crippen LogP contribution in [-0.4, -0.2) is 28.3 Å². The molecule has 1 N–H and O–H groups in total. The summed E-state index contributed by atoms with van der Waals surface area (Å²) in [5, 5.41) is 8.60. The van der Waals surface area contributed by atoms with E-state index < -0.39 is 0 Å². The van der Waals surface area contributed by atoms with E-state index in [0.29, 0.717) is 18.4 Å². The van der Waals surface area contributed by atoms with Crippen LogP contribution >= 0.6 is 0 Å². The molecular formula is C20H19N3O3. The van der Waals surface area contributed by atoms with E-state index in [1.54, 1.807) is 6.07 Å². The Morgan fingerprint density at radius 2 is 1.92 bits per heavy atom. The zero-order valence-electron chi connectivity index (χ0n) is 14.4. The number of fused-ring (bicyclic) bond motifs is 2. The van der Waals surface area contributed by atoms with E-state index in [4.69, 9.17) is 4.74 Å². The second-order valence-electron chi connectivity index (χ2n) is 6.48. The number of aryl methyl sites for hydroxylation is 1. The number of hydrogen-bond donors (Lipinski definition) is 1. The number of hydrogen-bond acceptors (Lipinski definition) is 4. The first-order chi connectivity index (χ1) is 12.6. The fourth-order valence-electron chi connectivity index (χ4n) is 3.34. The summed E-state index contributed by atoms with van der Waals surface area (Å²) in [6.07, 6.45) is 0.709. The predicted octanol–water partition coefficient (Wildman–Crippen LogP) is 1.82. The summed E-state index contributed by atoms with van der Waals surface area (Å²) in [5.41, 5.74) is 1.54. The normalized spacial score (nSPS) is 16.0. The quantitative estimate of drug-likeness (QED) is 0.783. The van der Waals surface area contributed by atoms with Crippen molar-refractivity contribution in [2.75, 3.05) is 6.61 Å². The van der Waals surface area contributed by atoms with Gasteiger partial charge < -0.3 is 10.1 Å². The second-order valence-corrected chi connectivity index (χ2v) is 6.48. The van der Waals surface area contributed by atoms with Gasteiger partial charge in [-0.15, -0.1) is 0 Å². The average molecular weight is 349 g/mol. The monoisotopic (exact) mass is 349 g/mol. The third-order valence-electron chi connectivity index (χ3n) is 4.59. The molecule has 1 unspecified atom stereocenters. The van der Waals surface area contributed by atoms with Gasteiger partial charge in [-0.1, -0.05) is 36.4 Å². The number of amides is 1. The van der Waals surface area contributed by atoms with Crippen LogP contribution in [0.15, 0.2) is 53.3 Å². The molecule has 0 radical (unpaired) electrons. The zero-order chi connectivity index (χ0) is 18.1. The van der Waals surface area contributed by atoms with E-state index >= 15 is 0 Å². The molecule has 1 amide bonds. The van der Waals surface area contributed by atoms with Gasteiger partial charge in [0.15, 0.2) is 0 Å². The van der Waals surface area contributed by atoms with Gasteiger partial charge >= 0.3 is 0 Å². The molecular weight excluding hydrogens is 330 g/mol. The number of rotatable bonds is 3. The van der Waals surface area contributed by atoms with Gasteiger partial charge in [-0.05, 0) is 31.0 Å². The maximum atomic E-state index is 12.6. The molecule has 2 heterocycles. The Kier molecular flexibility index (Phi) is 4.16. The summed E-state index contributed by atoms with van der Waals surface area (Å²) in [5.74, 6) is 0.614. The lowest BCUT2D eigenvalue weighted by Gasteiger charge is -2.26. The van der Waals surface area contributed by atoms with Gasteiger partial charge in [0.2, 0.25) is 5.91 Å². The molecule has 0 bridgehead atoms. The van der Waals surface area contributed by atoms with Crippen LogP contribution in [0.25, 0.3) is 10.8 Å². The summed E-state index contributed by atoms with van der Waals surface area (Å²) in [6.45, 7) is 2.15. The molecule has 132 valence electrons. The molecule has 1 aliphatic heterocycles. The van der Waals surface area contributed by atoms with Crippen molar-refractivity contribution in [2.45, 2.75) is 25.9 Å². The van der Waals surface area contributed by atoms with Crippen molar-refractivity contribution < 1.29 is 9.53 Å². The Morgan fingerprint density at radius 1 is 1.19 bits per heavy atom. The SMILES string of the molecule is Cc1nn(CC(=O)NC2COc3ccccc3C2)c(=O)c2ccccc12. The Hall–Kier alpha value is -3.15. The van der Waals surface area contributed by atoms with E-state index in [1.165, 1.54) is 4.68 Å². The van der Waals surface area contributed by atoms with Crippen molar-refractivity contribution in [3.63, 3.8) is 0 Å². The van der Waals surface area contributed by atoms with Crippen LogP contribution < -0.4 is 15.6 Å². The van der Waals surface area contributed by atoms with Gasteiger partial charge in [0.05, 0.1) is 17.1 Å². The highest BCUT2D eigenvalue weighted by atomic mass is 16.5. The molecule has 2 aromatic carbocycles. The minimum atomic E-state index is -0.258. The molecule has 3 aromatic rings. The van der Waals surface area contributed by atoms with Crippen molar-refractivity contribution in [1.29, 1.82) is 0 Å². The highest BCUT2D eigenvalue weighted by molar-refractivity contribution is 5.83. The zero-order valence-corrected chi connectivity index (χ0v) is 14.4. The Labute approximate surface area is 150 Å². The van der Waals surface area contributed by atoms with Crippen LogP contribution in [0.5, 0.6) is 5.75 Å². The Balaban J connectivity index is 1.50. The number of benzene rings is 2. The lowest BCUT2D eigenvalue weighted by molar-refractivity contribution is -0.122. The van der Waals surface area contributed by atoms with Crippen LogP contribution in [-0.2, 0) is 17.8 Å². The first kappa shape index (κ1) is 16.3. The van der Waals surface area contributed by atoms with Crippen molar-refractivity contribution in [1.82, 2.24) is 15.1 Å². The molecule has 0 fully saturated rings. The van der Waals surface area contributed by atoms with E-state index in [2.05, 4.69) is 10.4 Å². The van der Waals surface area contributed by atoms with Gasteiger partial charge in [0, 0.05) is 5.39 Å². The van der Waals surface area contributed by atoms with Crippen LogP contribution in [0.3, 0.4) is 0 Å². The largest absolute Gasteiger partial charge is 0.491 e. The van der Waals surface area contributed by atoms with E-state index in [9.17, 15) is 9.59 Å². The molecule has 0 aliphatic carbocycles. The van der Waals surface area contributed by atoms with Gasteiger partial charge in [-0.25, -0.2) is 4.68 Å². The Morgan fingerprint density at radius 3 is 2.77 bits per heavy atom. The molecule has 0 saturated heterocycles. The van der Waals surface area contributed by atoms with Crippen LogP contribution in [0.1, 0.15) is 11.3 Å². The van der Waals surface area contributed by atoms with E-state index in [1.807, 2.05) is 49.4 Å². The number of nitrogens with zero attached hydrogens (tertiary/aromatic N) is 2. The van der Waals surface area contributed by atoms with E-state index in [-0.39, 0.29) is 24.1 Å². The summed E-state index contributed by atoms with van der Waals surface area (Å²) >= 11 is 0.